The topological polar surface area (TPSA) is 38.0 Å². The van der Waals surface area contributed by atoms with Crippen LogP contribution in [-0.4, -0.2) is 12.6 Å². The lowest BCUT2D eigenvalue weighted by atomic mass is 9.84. The van der Waals surface area contributed by atoms with Gasteiger partial charge in [0, 0.05) is 10.5 Å². The predicted octanol–water partition coefficient (Wildman–Crippen LogP) is 4.03. The summed E-state index contributed by atoms with van der Waals surface area (Å²) < 4.78 is 1.05. The third kappa shape index (κ3) is 3.36. The highest BCUT2D eigenvalue weighted by Crippen LogP contribution is 2.31. The maximum Gasteiger partial charge on any atom is 0.0638 e. The fourth-order valence-electron chi connectivity index (χ4n) is 2.49. The molecule has 1 saturated carbocycles. The summed E-state index contributed by atoms with van der Waals surface area (Å²) in [5.74, 6) is 0.568. The first-order valence-corrected chi connectivity index (χ1v) is 7.29. The zero-order valence-electron chi connectivity index (χ0n) is 9.76. The number of anilines is 1. The van der Waals surface area contributed by atoms with Gasteiger partial charge in [0.15, 0.2) is 0 Å². The van der Waals surface area contributed by atoms with Crippen LogP contribution in [0.3, 0.4) is 0 Å². The van der Waals surface area contributed by atoms with Crippen molar-refractivity contribution in [3.05, 3.63) is 27.7 Å². The molecule has 4 heteroatoms. The van der Waals surface area contributed by atoms with E-state index in [1.807, 2.05) is 18.2 Å². The maximum atomic E-state index is 6.19. The number of nitrogens with one attached hydrogen (secondary N) is 1. The van der Waals surface area contributed by atoms with E-state index in [1.165, 1.54) is 25.7 Å². The molecule has 2 nitrogen and oxygen atoms in total. The Morgan fingerprint density at radius 3 is 2.88 bits per heavy atom. The first-order chi connectivity index (χ1) is 8.20. The van der Waals surface area contributed by atoms with E-state index in [0.717, 1.165) is 21.7 Å². The van der Waals surface area contributed by atoms with Crippen molar-refractivity contribution < 1.29 is 0 Å². The van der Waals surface area contributed by atoms with Crippen molar-refractivity contribution in [2.24, 2.45) is 11.7 Å². The largest absolute Gasteiger partial charge is 0.381 e. The summed E-state index contributed by atoms with van der Waals surface area (Å²) in [5.41, 5.74) is 6.84. The van der Waals surface area contributed by atoms with E-state index in [-0.39, 0.29) is 0 Å². The van der Waals surface area contributed by atoms with Gasteiger partial charge in [-0.25, -0.2) is 0 Å². The lowest BCUT2D eigenvalue weighted by Gasteiger charge is -2.32. The summed E-state index contributed by atoms with van der Waals surface area (Å²) in [6, 6.07) is 6.36. The summed E-state index contributed by atoms with van der Waals surface area (Å²) in [7, 11) is 0. The molecule has 17 heavy (non-hydrogen) atoms. The molecule has 2 unspecified atom stereocenters. The quantitative estimate of drug-likeness (QED) is 0.883. The first-order valence-electron chi connectivity index (χ1n) is 6.12. The summed E-state index contributed by atoms with van der Waals surface area (Å²) in [5, 5.41) is 4.32. The van der Waals surface area contributed by atoms with Crippen LogP contribution in [0.15, 0.2) is 22.7 Å². The van der Waals surface area contributed by atoms with Crippen molar-refractivity contribution >= 4 is 33.2 Å². The van der Waals surface area contributed by atoms with Crippen LogP contribution in [-0.2, 0) is 0 Å². The molecule has 1 aliphatic rings. The fraction of sp³-hybridized carbons (Fsp3) is 0.538. The van der Waals surface area contributed by atoms with Crippen LogP contribution in [0.4, 0.5) is 5.69 Å². The van der Waals surface area contributed by atoms with Crippen LogP contribution >= 0.6 is 27.5 Å². The Bertz CT molecular complexity index is 384. The molecule has 94 valence electrons. The lowest BCUT2D eigenvalue weighted by molar-refractivity contribution is 0.332. The average Bonchev–Trinajstić information content (AvgIpc) is 2.34. The van der Waals surface area contributed by atoms with Crippen LogP contribution in [0, 0.1) is 5.92 Å². The molecule has 1 aromatic carbocycles. The number of hydrogen-bond acceptors (Lipinski definition) is 2. The van der Waals surface area contributed by atoms with E-state index >= 15 is 0 Å². The fourth-order valence-corrected chi connectivity index (χ4v) is 3.02. The molecule has 0 aliphatic heterocycles. The molecule has 2 atom stereocenters. The molecule has 0 saturated heterocycles. The Hall–Kier alpha value is -0.250. The molecule has 0 heterocycles. The van der Waals surface area contributed by atoms with Gasteiger partial charge in [-0.1, -0.05) is 40.4 Å². The second-order valence-corrected chi connectivity index (χ2v) is 5.98. The van der Waals surface area contributed by atoms with Gasteiger partial charge >= 0.3 is 0 Å². The lowest BCUT2D eigenvalue weighted by Crippen LogP contribution is -2.36. The highest BCUT2D eigenvalue weighted by Gasteiger charge is 2.24. The second kappa shape index (κ2) is 6.07. The van der Waals surface area contributed by atoms with Gasteiger partial charge in [-0.15, -0.1) is 0 Å². The van der Waals surface area contributed by atoms with Gasteiger partial charge in [0.2, 0.25) is 0 Å². The Kier molecular flexibility index (Phi) is 4.71. The number of rotatable bonds is 3. The standard InChI is InChI=1S/C13H18BrClN2/c14-10-5-6-11(15)13(7-10)17-12-4-2-1-3-9(12)8-16/h5-7,9,12,17H,1-4,8,16H2. The van der Waals surface area contributed by atoms with Crippen molar-refractivity contribution in [2.75, 3.05) is 11.9 Å². The zero-order valence-corrected chi connectivity index (χ0v) is 12.1. The van der Waals surface area contributed by atoms with Crippen LogP contribution in [0.1, 0.15) is 25.7 Å². The third-order valence-electron chi connectivity index (χ3n) is 3.48. The van der Waals surface area contributed by atoms with Gasteiger partial charge in [-0.2, -0.15) is 0 Å². The van der Waals surface area contributed by atoms with Crippen LogP contribution < -0.4 is 11.1 Å². The summed E-state index contributed by atoms with van der Waals surface area (Å²) >= 11 is 9.66. The molecule has 0 aromatic heterocycles. The maximum absolute atomic E-state index is 6.19. The minimum absolute atomic E-state index is 0.459. The number of nitrogens with two attached hydrogens (primary N) is 1. The van der Waals surface area contributed by atoms with E-state index < -0.39 is 0 Å². The molecule has 0 radical (unpaired) electrons. The van der Waals surface area contributed by atoms with E-state index in [4.69, 9.17) is 17.3 Å². The Morgan fingerprint density at radius 1 is 1.35 bits per heavy atom. The van der Waals surface area contributed by atoms with Gasteiger partial charge in [0.1, 0.15) is 0 Å². The van der Waals surface area contributed by atoms with E-state index in [2.05, 4.69) is 21.2 Å². The van der Waals surface area contributed by atoms with Crippen LogP contribution in [0.2, 0.25) is 5.02 Å². The second-order valence-electron chi connectivity index (χ2n) is 4.66. The third-order valence-corrected chi connectivity index (χ3v) is 4.30. The molecule has 0 amide bonds. The molecule has 0 bridgehead atoms. The monoisotopic (exact) mass is 316 g/mol. The average molecular weight is 318 g/mol. The van der Waals surface area contributed by atoms with Crippen molar-refractivity contribution in [2.45, 2.75) is 31.7 Å². The van der Waals surface area contributed by atoms with Crippen LogP contribution in [0.25, 0.3) is 0 Å². The summed E-state index contributed by atoms with van der Waals surface area (Å²) in [6.07, 6.45) is 4.98. The smallest absolute Gasteiger partial charge is 0.0638 e. The van der Waals surface area contributed by atoms with Gasteiger partial charge in [0.05, 0.1) is 10.7 Å². The first kappa shape index (κ1) is 13.2. The highest BCUT2D eigenvalue weighted by molar-refractivity contribution is 9.10. The van der Waals surface area contributed by atoms with Gasteiger partial charge in [-0.05, 0) is 43.5 Å². The zero-order chi connectivity index (χ0) is 12.3. The Morgan fingerprint density at radius 2 is 2.12 bits per heavy atom. The molecular formula is C13H18BrClN2. The highest BCUT2D eigenvalue weighted by atomic mass is 79.9. The van der Waals surface area contributed by atoms with Crippen LogP contribution in [0.5, 0.6) is 0 Å². The number of halogens is 2. The molecule has 3 N–H and O–H groups in total. The van der Waals surface area contributed by atoms with Crippen molar-refractivity contribution in [3.63, 3.8) is 0 Å². The van der Waals surface area contributed by atoms with E-state index in [1.54, 1.807) is 0 Å². The minimum Gasteiger partial charge on any atom is -0.381 e. The summed E-state index contributed by atoms with van der Waals surface area (Å²) in [6.45, 7) is 0.753. The van der Waals surface area contributed by atoms with Gasteiger partial charge in [0.25, 0.3) is 0 Å². The van der Waals surface area contributed by atoms with Crippen molar-refractivity contribution in [3.8, 4) is 0 Å². The molecular weight excluding hydrogens is 300 g/mol. The molecule has 0 spiro atoms. The van der Waals surface area contributed by atoms with Gasteiger partial charge < -0.3 is 11.1 Å². The molecule has 1 fully saturated rings. The Labute approximate surface area is 116 Å². The molecule has 2 rings (SSSR count). The Balaban J connectivity index is 2.10. The van der Waals surface area contributed by atoms with Gasteiger partial charge in [-0.3, -0.25) is 0 Å². The van der Waals surface area contributed by atoms with E-state index in [9.17, 15) is 0 Å². The predicted molar refractivity (Wildman–Crippen MR) is 77.6 cm³/mol. The molecule has 1 aliphatic carbocycles. The minimum atomic E-state index is 0.459. The normalized spacial score (nSPS) is 24.6. The molecule has 1 aromatic rings. The SMILES string of the molecule is NCC1CCCCC1Nc1cc(Br)ccc1Cl. The number of hydrogen-bond donors (Lipinski definition) is 2. The van der Waals surface area contributed by atoms with E-state index in [0.29, 0.717) is 12.0 Å². The number of benzene rings is 1. The van der Waals surface area contributed by atoms with Crippen molar-refractivity contribution in [1.29, 1.82) is 0 Å². The summed E-state index contributed by atoms with van der Waals surface area (Å²) in [4.78, 5) is 0. The van der Waals surface area contributed by atoms with Crippen molar-refractivity contribution in [1.82, 2.24) is 0 Å².